The molecular formula is C14H11FN4O. The van der Waals surface area contributed by atoms with E-state index in [4.69, 9.17) is 5.73 Å². The van der Waals surface area contributed by atoms with Crippen molar-refractivity contribution in [3.63, 3.8) is 0 Å². The van der Waals surface area contributed by atoms with E-state index in [0.29, 0.717) is 16.8 Å². The minimum atomic E-state index is -0.451. The number of hydrogen-bond acceptors (Lipinski definition) is 3. The molecule has 0 saturated heterocycles. The smallest absolute Gasteiger partial charge is 0.258 e. The fourth-order valence-electron chi connectivity index (χ4n) is 2.00. The number of nitrogen functional groups attached to an aromatic ring is 1. The van der Waals surface area contributed by atoms with E-state index in [0.717, 1.165) is 0 Å². The van der Waals surface area contributed by atoms with Gasteiger partial charge < -0.3 is 11.1 Å². The Morgan fingerprint density at radius 1 is 1.20 bits per heavy atom. The summed E-state index contributed by atoms with van der Waals surface area (Å²) in [5.41, 5.74) is 6.92. The molecule has 100 valence electrons. The van der Waals surface area contributed by atoms with Crippen LogP contribution in [0.2, 0.25) is 0 Å². The molecule has 3 rings (SSSR count). The van der Waals surface area contributed by atoms with Crippen LogP contribution in [0.4, 0.5) is 15.9 Å². The molecule has 0 atom stereocenters. The number of aromatic amines is 1. The van der Waals surface area contributed by atoms with Crippen LogP contribution in [0.1, 0.15) is 10.4 Å². The summed E-state index contributed by atoms with van der Waals surface area (Å²) in [7, 11) is 0. The summed E-state index contributed by atoms with van der Waals surface area (Å²) in [5, 5.41) is 9.39. The van der Waals surface area contributed by atoms with Gasteiger partial charge in [0.25, 0.3) is 5.91 Å². The van der Waals surface area contributed by atoms with E-state index < -0.39 is 11.7 Å². The minimum Gasteiger partial charge on any atom is -0.398 e. The van der Waals surface area contributed by atoms with Gasteiger partial charge in [0.1, 0.15) is 5.82 Å². The topological polar surface area (TPSA) is 83.8 Å². The standard InChI is InChI=1S/C14H11FN4O/c15-9-5-3-7-11-12(9)13(19-18-11)17-14(20)8-4-1-2-6-10(8)16/h1-7H,16H2,(H2,17,18,19,20). The molecular weight excluding hydrogens is 259 g/mol. The summed E-state index contributed by atoms with van der Waals surface area (Å²) < 4.78 is 13.8. The maximum atomic E-state index is 13.8. The number of hydrogen-bond donors (Lipinski definition) is 3. The number of amides is 1. The lowest BCUT2D eigenvalue weighted by atomic mass is 10.1. The molecule has 0 fully saturated rings. The predicted octanol–water partition coefficient (Wildman–Crippen LogP) is 2.54. The molecule has 0 unspecified atom stereocenters. The Bertz CT molecular complexity index is 797. The summed E-state index contributed by atoms with van der Waals surface area (Å²) in [5.74, 6) is -0.737. The van der Waals surface area contributed by atoms with Gasteiger partial charge in [-0.3, -0.25) is 9.89 Å². The zero-order chi connectivity index (χ0) is 14.1. The Balaban J connectivity index is 1.98. The van der Waals surface area contributed by atoms with Crippen LogP contribution >= 0.6 is 0 Å². The van der Waals surface area contributed by atoms with Crippen LogP contribution in [0.25, 0.3) is 10.9 Å². The third-order valence-corrected chi connectivity index (χ3v) is 2.98. The lowest BCUT2D eigenvalue weighted by Crippen LogP contribution is -2.14. The summed E-state index contributed by atoms with van der Waals surface area (Å²) in [6, 6.07) is 11.2. The van der Waals surface area contributed by atoms with E-state index in [-0.39, 0.29) is 11.2 Å². The third kappa shape index (κ3) is 1.97. The molecule has 0 aliphatic carbocycles. The monoisotopic (exact) mass is 270 g/mol. The molecule has 1 aromatic heterocycles. The van der Waals surface area contributed by atoms with Gasteiger partial charge in [-0.1, -0.05) is 18.2 Å². The van der Waals surface area contributed by atoms with Gasteiger partial charge in [-0.2, -0.15) is 5.10 Å². The van der Waals surface area contributed by atoms with Crippen molar-refractivity contribution in [3.8, 4) is 0 Å². The number of nitrogens with zero attached hydrogens (tertiary/aromatic N) is 1. The molecule has 3 aromatic rings. The molecule has 6 heteroatoms. The second-order valence-corrected chi connectivity index (χ2v) is 4.28. The van der Waals surface area contributed by atoms with Crippen molar-refractivity contribution in [2.24, 2.45) is 0 Å². The van der Waals surface area contributed by atoms with Gasteiger partial charge >= 0.3 is 0 Å². The number of aromatic nitrogens is 2. The van der Waals surface area contributed by atoms with E-state index in [9.17, 15) is 9.18 Å². The lowest BCUT2D eigenvalue weighted by Gasteiger charge is -2.05. The van der Waals surface area contributed by atoms with Crippen LogP contribution < -0.4 is 11.1 Å². The zero-order valence-corrected chi connectivity index (χ0v) is 10.4. The number of fused-ring (bicyclic) bond motifs is 1. The van der Waals surface area contributed by atoms with Crippen LogP contribution in [0.15, 0.2) is 42.5 Å². The highest BCUT2D eigenvalue weighted by molar-refractivity contribution is 6.10. The highest BCUT2D eigenvalue weighted by atomic mass is 19.1. The first-order valence-corrected chi connectivity index (χ1v) is 5.95. The number of halogens is 1. The van der Waals surface area contributed by atoms with Gasteiger partial charge in [-0.15, -0.1) is 0 Å². The van der Waals surface area contributed by atoms with E-state index in [1.165, 1.54) is 6.07 Å². The van der Waals surface area contributed by atoms with Crippen LogP contribution in [-0.2, 0) is 0 Å². The Morgan fingerprint density at radius 3 is 2.80 bits per heavy atom. The number of para-hydroxylation sites is 1. The normalized spacial score (nSPS) is 10.7. The summed E-state index contributed by atoms with van der Waals surface area (Å²) in [4.78, 5) is 12.1. The number of nitrogens with two attached hydrogens (primary N) is 1. The fraction of sp³-hybridized carbons (Fsp3) is 0. The van der Waals surface area contributed by atoms with Crippen molar-refractivity contribution in [1.82, 2.24) is 10.2 Å². The molecule has 1 amide bonds. The second-order valence-electron chi connectivity index (χ2n) is 4.28. The summed E-state index contributed by atoms with van der Waals surface area (Å²) in [6.45, 7) is 0. The predicted molar refractivity (Wildman–Crippen MR) is 74.9 cm³/mol. The maximum Gasteiger partial charge on any atom is 0.258 e. The van der Waals surface area contributed by atoms with Crippen molar-refractivity contribution in [1.29, 1.82) is 0 Å². The van der Waals surface area contributed by atoms with Gasteiger partial charge in [0.15, 0.2) is 5.82 Å². The van der Waals surface area contributed by atoms with Crippen molar-refractivity contribution in [2.75, 3.05) is 11.1 Å². The Morgan fingerprint density at radius 2 is 2.00 bits per heavy atom. The summed E-state index contributed by atoms with van der Waals surface area (Å²) >= 11 is 0. The lowest BCUT2D eigenvalue weighted by molar-refractivity contribution is 0.102. The average Bonchev–Trinajstić information content (AvgIpc) is 2.84. The number of H-pyrrole nitrogens is 1. The molecule has 0 aliphatic rings. The first-order chi connectivity index (χ1) is 9.66. The SMILES string of the molecule is Nc1ccccc1C(=O)Nc1n[nH]c2cccc(F)c12. The second kappa shape index (κ2) is 4.65. The van der Waals surface area contributed by atoms with E-state index in [2.05, 4.69) is 15.5 Å². The van der Waals surface area contributed by atoms with Crippen LogP contribution in [0.5, 0.6) is 0 Å². The number of carbonyl (C=O) groups is 1. The minimum absolute atomic E-state index is 0.145. The molecule has 0 radical (unpaired) electrons. The van der Waals surface area contributed by atoms with Crippen LogP contribution in [-0.4, -0.2) is 16.1 Å². The van der Waals surface area contributed by atoms with E-state index >= 15 is 0 Å². The fourth-order valence-corrected chi connectivity index (χ4v) is 2.00. The number of carbonyl (C=O) groups excluding carboxylic acids is 1. The zero-order valence-electron chi connectivity index (χ0n) is 10.4. The van der Waals surface area contributed by atoms with Crippen molar-refractivity contribution < 1.29 is 9.18 Å². The molecule has 2 aromatic carbocycles. The highest BCUT2D eigenvalue weighted by Gasteiger charge is 2.15. The molecule has 0 saturated carbocycles. The van der Waals surface area contributed by atoms with Crippen molar-refractivity contribution >= 4 is 28.3 Å². The van der Waals surface area contributed by atoms with E-state index in [1.54, 1.807) is 36.4 Å². The first-order valence-electron chi connectivity index (χ1n) is 5.95. The number of rotatable bonds is 2. The molecule has 5 nitrogen and oxygen atoms in total. The largest absolute Gasteiger partial charge is 0.398 e. The summed E-state index contributed by atoms with van der Waals surface area (Å²) in [6.07, 6.45) is 0. The Labute approximate surface area is 113 Å². The van der Waals surface area contributed by atoms with Gasteiger partial charge in [0, 0.05) is 5.69 Å². The Hall–Kier alpha value is -2.89. The molecule has 0 aliphatic heterocycles. The van der Waals surface area contributed by atoms with Gasteiger partial charge in [-0.05, 0) is 24.3 Å². The number of anilines is 2. The van der Waals surface area contributed by atoms with Crippen molar-refractivity contribution in [3.05, 3.63) is 53.8 Å². The molecule has 20 heavy (non-hydrogen) atoms. The molecule has 0 bridgehead atoms. The van der Waals surface area contributed by atoms with Gasteiger partial charge in [0.2, 0.25) is 0 Å². The third-order valence-electron chi connectivity index (χ3n) is 2.98. The molecule has 1 heterocycles. The number of benzene rings is 2. The van der Waals surface area contributed by atoms with Crippen molar-refractivity contribution in [2.45, 2.75) is 0 Å². The van der Waals surface area contributed by atoms with Gasteiger partial charge in [-0.25, -0.2) is 4.39 Å². The van der Waals surface area contributed by atoms with E-state index in [1.807, 2.05) is 0 Å². The molecule has 4 N–H and O–H groups in total. The van der Waals surface area contributed by atoms with Gasteiger partial charge in [0.05, 0.1) is 16.5 Å². The first kappa shape index (κ1) is 12.2. The molecule has 0 spiro atoms. The van der Waals surface area contributed by atoms with Crippen LogP contribution in [0.3, 0.4) is 0 Å². The highest BCUT2D eigenvalue weighted by Crippen LogP contribution is 2.24. The maximum absolute atomic E-state index is 13.8. The van der Waals surface area contributed by atoms with Crippen LogP contribution in [0, 0.1) is 5.82 Å². The quantitative estimate of drug-likeness (QED) is 0.626. The Kier molecular flexibility index (Phi) is 2.83. The average molecular weight is 270 g/mol. The number of nitrogens with one attached hydrogen (secondary N) is 2.